The Morgan fingerprint density at radius 2 is 2.12 bits per heavy atom. The summed E-state index contributed by atoms with van der Waals surface area (Å²) in [5.41, 5.74) is 1.46. The standard InChI is InChI=1S/C10H5BrN4OS/c11-10-13-7(5-17-10)9-15-14-8(16-9)6-2-1-3-12-4-6/h1-5H. The maximum atomic E-state index is 5.53. The molecule has 84 valence electrons. The summed E-state index contributed by atoms with van der Waals surface area (Å²) < 4.78 is 6.32. The first-order valence-corrected chi connectivity index (χ1v) is 6.35. The van der Waals surface area contributed by atoms with Crippen LogP contribution in [0.1, 0.15) is 0 Å². The van der Waals surface area contributed by atoms with E-state index in [-0.39, 0.29) is 0 Å². The highest BCUT2D eigenvalue weighted by molar-refractivity contribution is 9.11. The first kappa shape index (κ1) is 10.5. The van der Waals surface area contributed by atoms with Gasteiger partial charge in [-0.25, -0.2) is 4.98 Å². The van der Waals surface area contributed by atoms with Crippen LogP contribution < -0.4 is 0 Å². The summed E-state index contributed by atoms with van der Waals surface area (Å²) >= 11 is 4.76. The highest BCUT2D eigenvalue weighted by atomic mass is 79.9. The predicted molar refractivity (Wildman–Crippen MR) is 66.3 cm³/mol. The van der Waals surface area contributed by atoms with Gasteiger partial charge < -0.3 is 4.42 Å². The molecular weight excluding hydrogens is 304 g/mol. The van der Waals surface area contributed by atoms with Gasteiger partial charge in [-0.2, -0.15) is 0 Å². The first-order valence-electron chi connectivity index (χ1n) is 4.68. The third-order valence-electron chi connectivity index (χ3n) is 2.03. The zero-order valence-corrected chi connectivity index (χ0v) is 10.8. The summed E-state index contributed by atoms with van der Waals surface area (Å²) in [5.74, 6) is 0.850. The van der Waals surface area contributed by atoms with E-state index in [2.05, 4.69) is 36.1 Å². The van der Waals surface area contributed by atoms with E-state index >= 15 is 0 Å². The van der Waals surface area contributed by atoms with Gasteiger partial charge in [0.25, 0.3) is 5.89 Å². The van der Waals surface area contributed by atoms with Crippen LogP contribution in [0.25, 0.3) is 23.0 Å². The molecule has 0 bridgehead atoms. The fraction of sp³-hybridized carbons (Fsp3) is 0. The second kappa shape index (κ2) is 4.34. The highest BCUT2D eigenvalue weighted by Gasteiger charge is 2.12. The Balaban J connectivity index is 1.99. The predicted octanol–water partition coefficient (Wildman–Crippen LogP) is 3.02. The Morgan fingerprint density at radius 3 is 2.82 bits per heavy atom. The molecule has 0 spiro atoms. The lowest BCUT2D eigenvalue weighted by Crippen LogP contribution is -1.78. The molecule has 0 atom stereocenters. The summed E-state index contributed by atoms with van der Waals surface area (Å²) in [6.45, 7) is 0. The molecule has 0 amide bonds. The minimum absolute atomic E-state index is 0.408. The van der Waals surface area contributed by atoms with Crippen LogP contribution in [0.2, 0.25) is 0 Å². The van der Waals surface area contributed by atoms with E-state index in [0.717, 1.165) is 9.48 Å². The van der Waals surface area contributed by atoms with Gasteiger partial charge in [0.05, 0.1) is 5.56 Å². The Labute approximate surface area is 109 Å². The third kappa shape index (κ3) is 2.11. The van der Waals surface area contributed by atoms with E-state index in [9.17, 15) is 0 Å². The van der Waals surface area contributed by atoms with Crippen molar-refractivity contribution in [3.63, 3.8) is 0 Å². The van der Waals surface area contributed by atoms with Crippen molar-refractivity contribution in [1.82, 2.24) is 20.2 Å². The molecule has 0 saturated heterocycles. The van der Waals surface area contributed by atoms with Gasteiger partial charge in [0.1, 0.15) is 5.69 Å². The number of hydrogen-bond acceptors (Lipinski definition) is 6. The molecule has 3 heterocycles. The fourth-order valence-corrected chi connectivity index (χ4v) is 2.27. The average molecular weight is 309 g/mol. The molecule has 0 aliphatic rings. The number of aromatic nitrogens is 4. The molecule has 0 aliphatic heterocycles. The lowest BCUT2D eigenvalue weighted by molar-refractivity contribution is 0.582. The summed E-state index contributed by atoms with van der Waals surface area (Å²) in [6, 6.07) is 3.68. The van der Waals surface area contributed by atoms with Crippen molar-refractivity contribution in [2.75, 3.05) is 0 Å². The molecular formula is C10H5BrN4OS. The summed E-state index contributed by atoms with van der Waals surface area (Å²) in [4.78, 5) is 8.21. The number of halogens is 1. The molecule has 3 aromatic heterocycles. The zero-order valence-electron chi connectivity index (χ0n) is 8.37. The molecule has 0 fully saturated rings. The fourth-order valence-electron chi connectivity index (χ4n) is 1.28. The maximum Gasteiger partial charge on any atom is 0.267 e. The molecule has 0 aromatic carbocycles. The van der Waals surface area contributed by atoms with Crippen molar-refractivity contribution < 1.29 is 4.42 Å². The normalized spacial score (nSPS) is 10.6. The van der Waals surface area contributed by atoms with Crippen LogP contribution in [0.4, 0.5) is 0 Å². The number of hydrogen-bond donors (Lipinski definition) is 0. The minimum Gasteiger partial charge on any atom is -0.415 e. The SMILES string of the molecule is Brc1nc(-c2nnc(-c3cccnc3)o2)cs1. The van der Waals surface area contributed by atoms with Crippen molar-refractivity contribution >= 4 is 27.3 Å². The molecule has 0 radical (unpaired) electrons. The van der Waals surface area contributed by atoms with Gasteiger partial charge in [-0.1, -0.05) is 0 Å². The van der Waals surface area contributed by atoms with Crippen LogP contribution in [0, 0.1) is 0 Å². The first-order chi connectivity index (χ1) is 8.33. The van der Waals surface area contributed by atoms with Crippen molar-refractivity contribution in [2.24, 2.45) is 0 Å². The summed E-state index contributed by atoms with van der Waals surface area (Å²) in [6.07, 6.45) is 3.37. The minimum atomic E-state index is 0.408. The number of pyridine rings is 1. The van der Waals surface area contributed by atoms with Gasteiger partial charge in [-0.05, 0) is 28.1 Å². The van der Waals surface area contributed by atoms with Crippen molar-refractivity contribution in [3.8, 4) is 23.0 Å². The highest BCUT2D eigenvalue weighted by Crippen LogP contribution is 2.26. The van der Waals surface area contributed by atoms with E-state index in [1.165, 1.54) is 11.3 Å². The van der Waals surface area contributed by atoms with Crippen LogP contribution in [0.5, 0.6) is 0 Å². The van der Waals surface area contributed by atoms with Crippen molar-refractivity contribution in [1.29, 1.82) is 0 Å². The van der Waals surface area contributed by atoms with Crippen molar-refractivity contribution in [3.05, 3.63) is 33.8 Å². The van der Waals surface area contributed by atoms with Crippen LogP contribution >= 0.6 is 27.3 Å². The Kier molecular flexibility index (Phi) is 2.69. The lowest BCUT2D eigenvalue weighted by Gasteiger charge is -1.90. The van der Waals surface area contributed by atoms with Gasteiger partial charge in [0, 0.05) is 17.8 Å². The van der Waals surface area contributed by atoms with Crippen LogP contribution in [0.3, 0.4) is 0 Å². The van der Waals surface area contributed by atoms with E-state index in [1.54, 1.807) is 12.4 Å². The number of nitrogens with zero attached hydrogens (tertiary/aromatic N) is 4. The number of rotatable bonds is 2. The Bertz CT molecular complexity index is 637. The van der Waals surface area contributed by atoms with Gasteiger partial charge in [-0.3, -0.25) is 4.98 Å². The van der Waals surface area contributed by atoms with Crippen LogP contribution in [0.15, 0.2) is 38.2 Å². The molecule has 0 saturated carbocycles. The Morgan fingerprint density at radius 1 is 1.24 bits per heavy atom. The largest absolute Gasteiger partial charge is 0.415 e. The van der Waals surface area contributed by atoms with E-state index in [1.807, 2.05) is 17.5 Å². The second-order valence-corrected chi connectivity index (χ2v) is 5.27. The van der Waals surface area contributed by atoms with E-state index < -0.39 is 0 Å². The third-order valence-corrected chi connectivity index (χ3v) is 3.39. The molecule has 7 heteroatoms. The summed E-state index contributed by atoms with van der Waals surface area (Å²) in [5, 5.41) is 9.77. The quantitative estimate of drug-likeness (QED) is 0.728. The lowest BCUT2D eigenvalue weighted by atomic mass is 10.3. The monoisotopic (exact) mass is 308 g/mol. The second-order valence-electron chi connectivity index (χ2n) is 3.14. The Hall–Kier alpha value is -1.60. The molecule has 5 nitrogen and oxygen atoms in total. The van der Waals surface area contributed by atoms with E-state index in [0.29, 0.717) is 17.5 Å². The topological polar surface area (TPSA) is 64.7 Å². The summed E-state index contributed by atoms with van der Waals surface area (Å²) in [7, 11) is 0. The van der Waals surface area contributed by atoms with Gasteiger partial charge in [0.15, 0.2) is 3.92 Å². The number of thiazole rings is 1. The van der Waals surface area contributed by atoms with E-state index in [4.69, 9.17) is 4.42 Å². The van der Waals surface area contributed by atoms with Crippen LogP contribution in [-0.4, -0.2) is 20.2 Å². The molecule has 0 N–H and O–H groups in total. The zero-order chi connectivity index (χ0) is 11.7. The molecule has 3 aromatic rings. The molecule has 3 rings (SSSR count). The van der Waals surface area contributed by atoms with Gasteiger partial charge >= 0.3 is 0 Å². The van der Waals surface area contributed by atoms with Gasteiger partial charge in [-0.15, -0.1) is 21.5 Å². The molecule has 0 unspecified atom stereocenters. The smallest absolute Gasteiger partial charge is 0.267 e. The van der Waals surface area contributed by atoms with Crippen molar-refractivity contribution in [2.45, 2.75) is 0 Å². The van der Waals surface area contributed by atoms with Gasteiger partial charge in [0.2, 0.25) is 5.89 Å². The van der Waals surface area contributed by atoms with Crippen LogP contribution in [-0.2, 0) is 0 Å². The maximum absolute atomic E-state index is 5.53. The molecule has 17 heavy (non-hydrogen) atoms. The average Bonchev–Trinajstić information content (AvgIpc) is 2.98. The molecule has 0 aliphatic carbocycles.